The van der Waals surface area contributed by atoms with Gasteiger partial charge < -0.3 is 20.6 Å². The highest BCUT2D eigenvalue weighted by Gasteiger charge is 2.21. The van der Waals surface area contributed by atoms with E-state index in [1.54, 1.807) is 24.4 Å². The molecule has 1 aliphatic heterocycles. The third kappa shape index (κ3) is 4.63. The lowest BCUT2D eigenvalue weighted by atomic mass is 10.1. The number of anilines is 2. The first kappa shape index (κ1) is 18.4. The van der Waals surface area contributed by atoms with Crippen LogP contribution in [0.2, 0.25) is 0 Å². The molecule has 142 valence electrons. The Hall–Kier alpha value is -3.36. The number of hydrogen-bond acceptors (Lipinski definition) is 5. The van der Waals surface area contributed by atoms with Gasteiger partial charge in [0.25, 0.3) is 0 Å². The summed E-state index contributed by atoms with van der Waals surface area (Å²) in [6.07, 6.45) is 2.25. The van der Waals surface area contributed by atoms with Crippen molar-refractivity contribution in [1.82, 2.24) is 10.3 Å². The number of aromatic nitrogens is 1. The molecule has 0 atom stereocenters. The Balaban J connectivity index is 1.67. The number of nitrogens with one attached hydrogen (secondary N) is 1. The fraction of sp³-hybridized carbons (Fsp3) is 0.278. The molecule has 27 heavy (non-hydrogen) atoms. The lowest BCUT2D eigenvalue weighted by molar-refractivity contribution is 0.200. The zero-order valence-electron chi connectivity index (χ0n) is 14.7. The van der Waals surface area contributed by atoms with Crippen molar-refractivity contribution in [2.45, 2.75) is 6.54 Å². The summed E-state index contributed by atoms with van der Waals surface area (Å²) in [5.41, 5.74) is 7.37. The van der Waals surface area contributed by atoms with Crippen molar-refractivity contribution in [2.24, 2.45) is 10.7 Å². The summed E-state index contributed by atoms with van der Waals surface area (Å²) in [5.74, 6) is -0.628. The fourth-order valence-electron chi connectivity index (χ4n) is 3.00. The van der Waals surface area contributed by atoms with Crippen molar-refractivity contribution in [3.63, 3.8) is 0 Å². The minimum atomic E-state index is -1.31. The van der Waals surface area contributed by atoms with E-state index in [4.69, 9.17) is 10.8 Å². The lowest BCUT2D eigenvalue weighted by Crippen LogP contribution is -2.46. The first-order valence-electron chi connectivity index (χ1n) is 8.52. The van der Waals surface area contributed by atoms with Gasteiger partial charge in [0.2, 0.25) is 0 Å². The van der Waals surface area contributed by atoms with Crippen LogP contribution < -0.4 is 20.9 Å². The number of aliphatic imine (C=N–C) groups is 1. The molecule has 1 aromatic heterocycles. The zero-order chi connectivity index (χ0) is 19.2. The molecule has 1 fully saturated rings. The molecule has 1 aliphatic rings. The van der Waals surface area contributed by atoms with Gasteiger partial charge in [0.05, 0.1) is 24.1 Å². The average Bonchev–Trinajstić information content (AvgIpc) is 2.67. The summed E-state index contributed by atoms with van der Waals surface area (Å²) >= 11 is 0. The molecule has 2 heterocycles. The highest BCUT2D eigenvalue weighted by molar-refractivity contribution is 5.91. The van der Waals surface area contributed by atoms with Gasteiger partial charge in [0, 0.05) is 37.9 Å². The predicted molar refractivity (Wildman–Crippen MR) is 102 cm³/mol. The second-order valence-corrected chi connectivity index (χ2v) is 6.07. The Labute approximate surface area is 156 Å². The number of pyridine rings is 1. The van der Waals surface area contributed by atoms with Gasteiger partial charge in [-0.3, -0.25) is 10.3 Å². The van der Waals surface area contributed by atoms with Crippen LogP contribution in [0.5, 0.6) is 0 Å². The van der Waals surface area contributed by atoms with Gasteiger partial charge in [-0.2, -0.15) is 0 Å². The highest BCUT2D eigenvalue weighted by atomic mass is 19.1. The third-order valence-electron chi connectivity index (χ3n) is 4.34. The number of nitrogens with zero attached hydrogens (tertiary/aromatic N) is 4. The first-order chi connectivity index (χ1) is 13.0. The molecule has 9 heteroatoms. The summed E-state index contributed by atoms with van der Waals surface area (Å²) in [4.78, 5) is 22.7. The third-order valence-corrected chi connectivity index (χ3v) is 4.34. The van der Waals surface area contributed by atoms with Gasteiger partial charge in [-0.05, 0) is 18.2 Å². The molecule has 3 rings (SSSR count). The molecule has 8 nitrogen and oxygen atoms in total. The molecule has 1 amide bonds. The van der Waals surface area contributed by atoms with Gasteiger partial charge in [0.15, 0.2) is 11.8 Å². The van der Waals surface area contributed by atoms with Crippen molar-refractivity contribution >= 4 is 23.4 Å². The van der Waals surface area contributed by atoms with Gasteiger partial charge in [-0.25, -0.2) is 14.2 Å². The summed E-state index contributed by atoms with van der Waals surface area (Å²) in [5, 5.41) is 10.5. The number of guanidine groups is 1. The van der Waals surface area contributed by atoms with E-state index in [0.717, 1.165) is 18.8 Å². The van der Waals surface area contributed by atoms with E-state index in [2.05, 4.69) is 14.9 Å². The molecule has 2 aromatic rings. The molecular weight excluding hydrogens is 351 g/mol. The van der Waals surface area contributed by atoms with E-state index in [1.807, 2.05) is 28.5 Å². The summed E-state index contributed by atoms with van der Waals surface area (Å²) in [7, 11) is 0. The Bertz CT molecular complexity index is 822. The lowest BCUT2D eigenvalue weighted by Gasteiger charge is -2.37. The second-order valence-electron chi connectivity index (χ2n) is 6.07. The largest absolute Gasteiger partial charge is 0.465 e. The van der Waals surface area contributed by atoms with Crippen molar-refractivity contribution in [2.75, 3.05) is 36.0 Å². The van der Waals surface area contributed by atoms with Crippen LogP contribution in [0.15, 0.2) is 47.7 Å². The molecule has 1 aromatic carbocycles. The molecule has 0 radical (unpaired) electrons. The number of hydrogen-bond donors (Lipinski definition) is 3. The monoisotopic (exact) mass is 372 g/mol. The summed E-state index contributed by atoms with van der Waals surface area (Å²) < 4.78 is 14.9. The molecule has 0 unspecified atom stereocenters. The zero-order valence-corrected chi connectivity index (χ0v) is 14.7. The SMILES string of the molecule is NC(=NCc1cccc(N2CCN(c3cccnc3)CC2)c1F)NC(=O)O. The van der Waals surface area contributed by atoms with Crippen molar-refractivity contribution in [3.05, 3.63) is 54.1 Å². The maximum Gasteiger partial charge on any atom is 0.411 e. The number of halogens is 1. The fourth-order valence-corrected chi connectivity index (χ4v) is 3.00. The van der Waals surface area contributed by atoms with Crippen LogP contribution in [0.1, 0.15) is 5.56 Å². The molecule has 1 saturated heterocycles. The van der Waals surface area contributed by atoms with E-state index in [-0.39, 0.29) is 18.3 Å². The van der Waals surface area contributed by atoms with E-state index >= 15 is 0 Å². The van der Waals surface area contributed by atoms with Crippen LogP contribution in [0.4, 0.5) is 20.6 Å². The molecule has 0 spiro atoms. The first-order valence-corrected chi connectivity index (χ1v) is 8.52. The molecule has 0 saturated carbocycles. The smallest absolute Gasteiger partial charge is 0.411 e. The summed E-state index contributed by atoms with van der Waals surface area (Å²) in [6, 6.07) is 9.02. The Morgan fingerprint density at radius 1 is 1.22 bits per heavy atom. The van der Waals surface area contributed by atoms with E-state index in [0.29, 0.717) is 24.3 Å². The quantitative estimate of drug-likeness (QED) is 0.556. The maximum atomic E-state index is 14.9. The topological polar surface area (TPSA) is 107 Å². The number of piperazine rings is 1. The number of benzene rings is 1. The number of amides is 1. The Morgan fingerprint density at radius 2 is 1.96 bits per heavy atom. The molecule has 0 aliphatic carbocycles. The molecule has 0 bridgehead atoms. The number of rotatable bonds is 4. The number of carboxylic acid groups (broad SMARTS) is 1. The van der Waals surface area contributed by atoms with Gasteiger partial charge in [-0.15, -0.1) is 0 Å². The minimum absolute atomic E-state index is 0.0402. The standard InChI is InChI=1S/C18H21FN6O2/c19-16-13(11-22-17(20)23-18(26)27)3-1-5-15(16)25-9-7-24(8-10-25)14-4-2-6-21-12-14/h1-6,12H,7-11H2,(H,26,27)(H3,20,22,23). The van der Waals surface area contributed by atoms with Gasteiger partial charge in [0.1, 0.15) is 0 Å². The van der Waals surface area contributed by atoms with Crippen molar-refractivity contribution in [1.29, 1.82) is 0 Å². The number of carbonyl (C=O) groups is 1. The maximum absolute atomic E-state index is 14.9. The van der Waals surface area contributed by atoms with Crippen LogP contribution in [0.3, 0.4) is 0 Å². The van der Waals surface area contributed by atoms with Crippen LogP contribution in [-0.4, -0.2) is 48.3 Å². The van der Waals surface area contributed by atoms with Gasteiger partial charge >= 0.3 is 6.09 Å². The summed E-state index contributed by atoms with van der Waals surface area (Å²) in [6.45, 7) is 2.86. The van der Waals surface area contributed by atoms with Crippen LogP contribution in [0, 0.1) is 5.82 Å². The van der Waals surface area contributed by atoms with Crippen LogP contribution in [-0.2, 0) is 6.54 Å². The second kappa shape index (κ2) is 8.35. The Kier molecular flexibility index (Phi) is 5.70. The molecule has 4 N–H and O–H groups in total. The van der Waals surface area contributed by atoms with Crippen LogP contribution >= 0.6 is 0 Å². The molecular formula is C18H21FN6O2. The van der Waals surface area contributed by atoms with Crippen molar-refractivity contribution in [3.8, 4) is 0 Å². The van der Waals surface area contributed by atoms with E-state index in [1.165, 1.54) is 0 Å². The normalized spacial score (nSPS) is 14.9. The van der Waals surface area contributed by atoms with E-state index < -0.39 is 6.09 Å². The van der Waals surface area contributed by atoms with Crippen LogP contribution in [0.25, 0.3) is 0 Å². The van der Waals surface area contributed by atoms with Crippen molar-refractivity contribution < 1.29 is 14.3 Å². The van der Waals surface area contributed by atoms with Gasteiger partial charge in [-0.1, -0.05) is 12.1 Å². The predicted octanol–water partition coefficient (Wildman–Crippen LogP) is 1.63. The average molecular weight is 372 g/mol. The van der Waals surface area contributed by atoms with E-state index in [9.17, 15) is 9.18 Å². The highest BCUT2D eigenvalue weighted by Crippen LogP contribution is 2.25. The minimum Gasteiger partial charge on any atom is -0.465 e. The Morgan fingerprint density at radius 3 is 2.63 bits per heavy atom. The number of nitrogens with two attached hydrogens (primary N) is 1.